The van der Waals surface area contributed by atoms with E-state index in [1.54, 1.807) is 0 Å². The van der Waals surface area contributed by atoms with Crippen LogP contribution in [0.2, 0.25) is 0 Å². The first-order valence-corrected chi connectivity index (χ1v) is 7.07. The maximum absolute atomic E-state index is 4.24. The van der Waals surface area contributed by atoms with Gasteiger partial charge in [-0.2, -0.15) is 11.8 Å². The number of pyridine rings is 1. The average Bonchev–Trinajstić information content (AvgIpc) is 2.31. The zero-order valence-corrected chi connectivity index (χ0v) is 10.5. The highest BCUT2D eigenvalue weighted by molar-refractivity contribution is 7.99. The summed E-state index contributed by atoms with van der Waals surface area (Å²) in [7, 11) is 0. The van der Waals surface area contributed by atoms with Gasteiger partial charge >= 0.3 is 0 Å². The summed E-state index contributed by atoms with van der Waals surface area (Å²) in [5, 5.41) is 6.83. The van der Waals surface area contributed by atoms with Crippen molar-refractivity contribution in [3.8, 4) is 0 Å². The lowest BCUT2D eigenvalue weighted by Gasteiger charge is -2.23. The van der Waals surface area contributed by atoms with Crippen LogP contribution in [-0.2, 0) is 0 Å². The molecular formula is C12H19N3S. The van der Waals surface area contributed by atoms with Crippen LogP contribution in [0.3, 0.4) is 0 Å². The number of thioether (sulfide) groups is 1. The third-order valence-electron chi connectivity index (χ3n) is 2.65. The monoisotopic (exact) mass is 237 g/mol. The van der Waals surface area contributed by atoms with Crippen LogP contribution in [0.1, 0.15) is 19.8 Å². The van der Waals surface area contributed by atoms with Crippen LogP contribution in [0.5, 0.6) is 0 Å². The fourth-order valence-corrected chi connectivity index (χ4v) is 2.98. The van der Waals surface area contributed by atoms with Crippen molar-refractivity contribution in [2.24, 2.45) is 0 Å². The van der Waals surface area contributed by atoms with Crippen LogP contribution < -0.4 is 10.6 Å². The Kier molecular flexibility index (Phi) is 4.34. The molecule has 16 heavy (non-hydrogen) atoms. The second-order valence-corrected chi connectivity index (χ2v) is 5.20. The molecule has 1 aromatic heterocycles. The Morgan fingerprint density at radius 3 is 3.06 bits per heavy atom. The molecule has 0 amide bonds. The van der Waals surface area contributed by atoms with Gasteiger partial charge in [0.25, 0.3) is 0 Å². The van der Waals surface area contributed by atoms with E-state index in [4.69, 9.17) is 0 Å². The lowest BCUT2D eigenvalue weighted by Crippen LogP contribution is -2.25. The number of rotatable bonds is 4. The molecule has 1 fully saturated rings. The second kappa shape index (κ2) is 5.99. The number of anilines is 2. The molecule has 0 saturated carbocycles. The van der Waals surface area contributed by atoms with Gasteiger partial charge in [-0.15, -0.1) is 0 Å². The lowest BCUT2D eigenvalue weighted by atomic mass is 10.2. The smallest absolute Gasteiger partial charge is 0.0549 e. The highest BCUT2D eigenvalue weighted by atomic mass is 32.2. The Morgan fingerprint density at radius 1 is 1.44 bits per heavy atom. The Hall–Kier alpha value is -0.900. The number of nitrogens with zero attached hydrogens (tertiary/aromatic N) is 1. The first kappa shape index (κ1) is 11.6. The van der Waals surface area contributed by atoms with Crippen molar-refractivity contribution in [1.29, 1.82) is 0 Å². The molecular weight excluding hydrogens is 218 g/mol. The van der Waals surface area contributed by atoms with Gasteiger partial charge in [0, 0.05) is 18.3 Å². The van der Waals surface area contributed by atoms with E-state index in [2.05, 4.69) is 28.6 Å². The molecule has 3 nitrogen and oxygen atoms in total. The molecule has 1 unspecified atom stereocenters. The quantitative estimate of drug-likeness (QED) is 0.844. The fourth-order valence-electron chi connectivity index (χ4n) is 1.91. The Balaban J connectivity index is 1.94. The van der Waals surface area contributed by atoms with E-state index in [-0.39, 0.29) is 0 Å². The van der Waals surface area contributed by atoms with Crippen molar-refractivity contribution in [3.63, 3.8) is 0 Å². The van der Waals surface area contributed by atoms with E-state index in [0.29, 0.717) is 6.04 Å². The number of hydrogen-bond acceptors (Lipinski definition) is 4. The maximum Gasteiger partial charge on any atom is 0.0549 e. The molecule has 4 heteroatoms. The lowest BCUT2D eigenvalue weighted by molar-refractivity contribution is 0.685. The second-order valence-electron chi connectivity index (χ2n) is 4.05. The van der Waals surface area contributed by atoms with Gasteiger partial charge in [-0.25, -0.2) is 0 Å². The minimum Gasteiger partial charge on any atom is -0.384 e. The highest BCUT2D eigenvalue weighted by Crippen LogP contribution is 2.21. The molecule has 0 aromatic carbocycles. The first-order valence-electron chi connectivity index (χ1n) is 5.91. The highest BCUT2D eigenvalue weighted by Gasteiger charge is 2.13. The van der Waals surface area contributed by atoms with E-state index in [0.717, 1.165) is 17.9 Å². The molecule has 2 heterocycles. The van der Waals surface area contributed by atoms with Crippen molar-refractivity contribution in [2.45, 2.75) is 25.8 Å². The van der Waals surface area contributed by atoms with Crippen LogP contribution in [0.25, 0.3) is 0 Å². The largest absolute Gasteiger partial charge is 0.384 e. The van der Waals surface area contributed by atoms with Gasteiger partial charge in [-0.3, -0.25) is 4.98 Å². The molecule has 0 spiro atoms. The van der Waals surface area contributed by atoms with E-state index in [1.165, 1.54) is 24.3 Å². The molecule has 1 aliphatic heterocycles. The summed E-state index contributed by atoms with van der Waals surface area (Å²) in [6.07, 6.45) is 6.37. The van der Waals surface area contributed by atoms with Crippen LogP contribution >= 0.6 is 11.8 Å². The molecule has 0 aliphatic carbocycles. The summed E-state index contributed by atoms with van der Waals surface area (Å²) in [5.74, 6) is 2.53. The number of hydrogen-bond donors (Lipinski definition) is 2. The molecule has 1 aromatic rings. The summed E-state index contributed by atoms with van der Waals surface area (Å²) in [6.45, 7) is 3.03. The molecule has 2 N–H and O–H groups in total. The van der Waals surface area contributed by atoms with Gasteiger partial charge in [0.1, 0.15) is 0 Å². The van der Waals surface area contributed by atoms with Crippen molar-refractivity contribution >= 4 is 23.1 Å². The zero-order chi connectivity index (χ0) is 11.2. The standard InChI is InChI=1S/C12H19N3S/c1-2-14-11-6-12(8-13-7-11)15-10-4-3-5-16-9-10/h6-8,10,14-15H,2-5,9H2,1H3. The number of nitrogens with one attached hydrogen (secondary N) is 2. The van der Waals surface area contributed by atoms with Crippen LogP contribution in [0.4, 0.5) is 11.4 Å². The fraction of sp³-hybridized carbons (Fsp3) is 0.583. The topological polar surface area (TPSA) is 37.0 Å². The van der Waals surface area contributed by atoms with Gasteiger partial charge in [-0.1, -0.05) is 0 Å². The molecule has 0 bridgehead atoms. The van der Waals surface area contributed by atoms with Crippen LogP contribution in [0.15, 0.2) is 18.5 Å². The van der Waals surface area contributed by atoms with Crippen molar-refractivity contribution in [3.05, 3.63) is 18.5 Å². The summed E-state index contributed by atoms with van der Waals surface area (Å²) in [4.78, 5) is 4.24. The predicted octanol–water partition coefficient (Wildman–Crippen LogP) is 2.82. The Morgan fingerprint density at radius 2 is 2.31 bits per heavy atom. The van der Waals surface area contributed by atoms with Gasteiger partial charge in [0.05, 0.1) is 23.8 Å². The minimum absolute atomic E-state index is 0.609. The number of aromatic nitrogens is 1. The molecule has 1 aliphatic rings. The van der Waals surface area contributed by atoms with Crippen LogP contribution in [-0.4, -0.2) is 29.1 Å². The van der Waals surface area contributed by atoms with Gasteiger partial charge in [0.2, 0.25) is 0 Å². The van der Waals surface area contributed by atoms with Gasteiger partial charge in [-0.05, 0) is 31.6 Å². The molecule has 0 radical (unpaired) electrons. The van der Waals surface area contributed by atoms with E-state index < -0.39 is 0 Å². The third-order valence-corrected chi connectivity index (χ3v) is 3.87. The van der Waals surface area contributed by atoms with E-state index in [1.807, 2.05) is 24.2 Å². The van der Waals surface area contributed by atoms with Crippen molar-refractivity contribution in [2.75, 3.05) is 28.7 Å². The Labute approximate surface area is 101 Å². The van der Waals surface area contributed by atoms with Gasteiger partial charge in [0.15, 0.2) is 0 Å². The molecule has 2 rings (SSSR count). The van der Waals surface area contributed by atoms with E-state index >= 15 is 0 Å². The van der Waals surface area contributed by atoms with Crippen molar-refractivity contribution < 1.29 is 0 Å². The zero-order valence-electron chi connectivity index (χ0n) is 9.70. The molecule has 1 saturated heterocycles. The summed E-state index contributed by atoms with van der Waals surface area (Å²) in [6, 6.07) is 2.74. The normalized spacial score (nSPS) is 20.4. The Bertz CT molecular complexity index is 324. The van der Waals surface area contributed by atoms with Gasteiger partial charge < -0.3 is 10.6 Å². The van der Waals surface area contributed by atoms with Crippen LogP contribution in [0, 0.1) is 0 Å². The minimum atomic E-state index is 0.609. The molecule has 1 atom stereocenters. The molecule has 88 valence electrons. The predicted molar refractivity (Wildman–Crippen MR) is 72.4 cm³/mol. The third kappa shape index (κ3) is 3.30. The summed E-state index contributed by atoms with van der Waals surface area (Å²) < 4.78 is 0. The maximum atomic E-state index is 4.24. The summed E-state index contributed by atoms with van der Waals surface area (Å²) >= 11 is 2.04. The average molecular weight is 237 g/mol. The SMILES string of the molecule is CCNc1cncc(NC2CCCSC2)c1. The summed E-state index contributed by atoms with van der Waals surface area (Å²) in [5.41, 5.74) is 2.22. The van der Waals surface area contributed by atoms with Crippen molar-refractivity contribution in [1.82, 2.24) is 4.98 Å². The first-order chi connectivity index (χ1) is 7.88. The van der Waals surface area contributed by atoms with E-state index in [9.17, 15) is 0 Å².